The minimum Gasteiger partial charge on any atom is -0.360 e. The Morgan fingerprint density at radius 3 is 2.47 bits per heavy atom. The summed E-state index contributed by atoms with van der Waals surface area (Å²) in [5.74, 6) is 0.0370. The molecule has 3 rings (SSSR count). The van der Waals surface area contributed by atoms with Gasteiger partial charge in [-0.3, -0.25) is 10.0 Å². The summed E-state index contributed by atoms with van der Waals surface area (Å²) in [6.45, 7) is 0. The van der Waals surface area contributed by atoms with Gasteiger partial charge in [-0.15, -0.1) is 0 Å². The molecule has 0 spiro atoms. The fourth-order valence-corrected chi connectivity index (χ4v) is 4.16. The van der Waals surface area contributed by atoms with Crippen LogP contribution in [-0.4, -0.2) is 43.1 Å². The van der Waals surface area contributed by atoms with E-state index in [-0.39, 0.29) is 11.3 Å². The van der Waals surface area contributed by atoms with Crippen molar-refractivity contribution in [3.05, 3.63) is 59.3 Å². The van der Waals surface area contributed by atoms with E-state index in [9.17, 15) is 18.4 Å². The van der Waals surface area contributed by atoms with Gasteiger partial charge in [0.1, 0.15) is 11.5 Å². The van der Waals surface area contributed by atoms with Crippen LogP contribution in [0.5, 0.6) is 0 Å². The summed E-state index contributed by atoms with van der Waals surface area (Å²) in [5, 5.41) is 14.5. The van der Waals surface area contributed by atoms with Gasteiger partial charge in [0.25, 0.3) is 0 Å². The molecule has 0 aliphatic carbocycles. The van der Waals surface area contributed by atoms with Crippen molar-refractivity contribution in [3.8, 4) is 22.4 Å². The summed E-state index contributed by atoms with van der Waals surface area (Å²) in [4.78, 5) is 11.8. The normalized spacial score (nSPS) is 11.5. The Bertz CT molecular complexity index is 1150. The Labute approximate surface area is 179 Å². The Hall–Kier alpha value is -2.68. The van der Waals surface area contributed by atoms with E-state index >= 15 is 0 Å². The van der Waals surface area contributed by atoms with Gasteiger partial charge < -0.3 is 4.52 Å². The molecule has 1 aromatic heterocycles. The van der Waals surface area contributed by atoms with Crippen molar-refractivity contribution < 1.29 is 22.9 Å². The number of hydroxylamine groups is 2. The molecule has 1 amide bonds. The first-order chi connectivity index (χ1) is 14.2. The highest BCUT2D eigenvalue weighted by Gasteiger charge is 2.24. The fraction of sp³-hybridized carbons (Fsp3) is 0.238. The Balaban J connectivity index is 2.10. The fourth-order valence-electron chi connectivity index (χ4n) is 3.14. The number of amides is 1. The predicted molar refractivity (Wildman–Crippen MR) is 113 cm³/mol. The lowest BCUT2D eigenvalue weighted by Gasteiger charge is -2.10. The van der Waals surface area contributed by atoms with Crippen LogP contribution < -0.4 is 0 Å². The summed E-state index contributed by atoms with van der Waals surface area (Å²) in [6, 6.07) is 13.6. The molecule has 158 valence electrons. The third-order valence-electron chi connectivity index (χ3n) is 4.59. The molecule has 0 aliphatic heterocycles. The number of benzene rings is 2. The molecule has 2 aromatic carbocycles. The van der Waals surface area contributed by atoms with Gasteiger partial charge in [0.15, 0.2) is 9.84 Å². The maximum atomic E-state index is 12.4. The first-order valence-corrected chi connectivity index (χ1v) is 11.4. The van der Waals surface area contributed by atoms with E-state index in [4.69, 9.17) is 16.1 Å². The zero-order chi connectivity index (χ0) is 21.9. The SMILES string of the molecule is CN(O)C(=O)CCCc1onc(-c2ccc(Cl)cc2)c1-c1ccccc1S(C)(=O)=O. The van der Waals surface area contributed by atoms with Gasteiger partial charge in [0, 0.05) is 42.3 Å². The van der Waals surface area contributed by atoms with Crippen LogP contribution in [0.15, 0.2) is 57.9 Å². The molecular formula is C21H21ClN2O5S. The standard InChI is InChI=1S/C21H21ClN2O5S/c1-24(26)19(25)9-5-7-17-20(16-6-3-4-8-18(16)30(2,27)28)21(23-29-17)14-10-12-15(22)13-11-14/h3-4,6,8,10-13,26H,5,7,9H2,1-2H3. The maximum Gasteiger partial charge on any atom is 0.245 e. The molecule has 1 N–H and O–H groups in total. The van der Waals surface area contributed by atoms with Gasteiger partial charge in [0.05, 0.1) is 10.5 Å². The van der Waals surface area contributed by atoms with Crippen molar-refractivity contribution in [2.75, 3.05) is 13.3 Å². The molecule has 0 saturated carbocycles. The number of sulfone groups is 1. The average molecular weight is 449 g/mol. The highest BCUT2D eigenvalue weighted by atomic mass is 35.5. The lowest BCUT2D eigenvalue weighted by atomic mass is 9.97. The van der Waals surface area contributed by atoms with Crippen LogP contribution in [0.1, 0.15) is 18.6 Å². The van der Waals surface area contributed by atoms with E-state index in [0.717, 1.165) is 11.8 Å². The van der Waals surface area contributed by atoms with E-state index in [1.54, 1.807) is 42.5 Å². The molecule has 0 saturated heterocycles. The van der Waals surface area contributed by atoms with Crippen molar-refractivity contribution >= 4 is 27.3 Å². The average Bonchev–Trinajstić information content (AvgIpc) is 3.11. The second-order valence-electron chi connectivity index (χ2n) is 6.88. The van der Waals surface area contributed by atoms with Gasteiger partial charge in [-0.05, 0) is 24.6 Å². The van der Waals surface area contributed by atoms with Crippen LogP contribution in [0.3, 0.4) is 0 Å². The van der Waals surface area contributed by atoms with Crippen LogP contribution in [0.25, 0.3) is 22.4 Å². The van der Waals surface area contributed by atoms with Gasteiger partial charge in [0.2, 0.25) is 5.91 Å². The number of nitrogens with zero attached hydrogens (tertiary/aromatic N) is 2. The molecule has 1 heterocycles. The Morgan fingerprint density at radius 2 is 1.83 bits per heavy atom. The molecule has 0 radical (unpaired) electrons. The van der Waals surface area contributed by atoms with Crippen molar-refractivity contribution in [2.24, 2.45) is 0 Å². The number of rotatable bonds is 7. The van der Waals surface area contributed by atoms with Crippen LogP contribution in [0.4, 0.5) is 0 Å². The van der Waals surface area contributed by atoms with Crippen molar-refractivity contribution in [3.63, 3.8) is 0 Å². The summed E-state index contributed by atoms with van der Waals surface area (Å²) < 4.78 is 30.3. The topological polar surface area (TPSA) is 101 Å². The summed E-state index contributed by atoms with van der Waals surface area (Å²) in [5.41, 5.74) is 2.25. The van der Waals surface area contributed by atoms with Gasteiger partial charge >= 0.3 is 0 Å². The Kier molecular flexibility index (Phi) is 6.60. The molecule has 0 unspecified atom stereocenters. The number of aryl methyl sites for hydroxylation is 1. The smallest absolute Gasteiger partial charge is 0.245 e. The summed E-state index contributed by atoms with van der Waals surface area (Å²) >= 11 is 5.99. The first kappa shape index (κ1) is 22.0. The summed E-state index contributed by atoms with van der Waals surface area (Å²) in [6.07, 6.45) is 1.99. The second kappa shape index (κ2) is 8.99. The molecule has 0 atom stereocenters. The van der Waals surface area contributed by atoms with Crippen molar-refractivity contribution in [1.82, 2.24) is 10.2 Å². The number of aromatic nitrogens is 1. The van der Waals surface area contributed by atoms with Crippen LogP contribution in [0, 0.1) is 0 Å². The third kappa shape index (κ3) is 4.89. The van der Waals surface area contributed by atoms with E-state index in [1.165, 1.54) is 13.1 Å². The van der Waals surface area contributed by atoms with Crippen LogP contribution in [0.2, 0.25) is 5.02 Å². The second-order valence-corrected chi connectivity index (χ2v) is 9.30. The quantitative estimate of drug-likeness (QED) is 0.428. The van der Waals surface area contributed by atoms with E-state index in [1.807, 2.05) is 0 Å². The van der Waals surface area contributed by atoms with Gasteiger partial charge in [-0.25, -0.2) is 13.5 Å². The molecule has 3 aromatic rings. The van der Waals surface area contributed by atoms with Crippen LogP contribution in [-0.2, 0) is 21.1 Å². The molecule has 0 aliphatic rings. The van der Waals surface area contributed by atoms with Crippen molar-refractivity contribution in [1.29, 1.82) is 0 Å². The molecular weight excluding hydrogens is 428 g/mol. The first-order valence-electron chi connectivity index (χ1n) is 9.18. The summed E-state index contributed by atoms with van der Waals surface area (Å²) in [7, 11) is -2.24. The number of hydrogen-bond acceptors (Lipinski definition) is 6. The maximum absolute atomic E-state index is 12.4. The zero-order valence-corrected chi connectivity index (χ0v) is 18.1. The van der Waals surface area contributed by atoms with Gasteiger partial charge in [-0.1, -0.05) is 47.1 Å². The minimum atomic E-state index is -3.51. The molecule has 7 nitrogen and oxygen atoms in total. The minimum absolute atomic E-state index is 0.108. The van der Waals surface area contributed by atoms with E-state index in [2.05, 4.69) is 5.16 Å². The van der Waals surface area contributed by atoms with Crippen LogP contribution >= 0.6 is 11.6 Å². The largest absolute Gasteiger partial charge is 0.360 e. The molecule has 0 fully saturated rings. The Morgan fingerprint density at radius 1 is 1.17 bits per heavy atom. The van der Waals surface area contributed by atoms with E-state index in [0.29, 0.717) is 45.5 Å². The number of hydrogen-bond donors (Lipinski definition) is 1. The highest BCUT2D eigenvalue weighted by molar-refractivity contribution is 7.90. The molecule has 30 heavy (non-hydrogen) atoms. The number of carbonyl (C=O) groups is 1. The van der Waals surface area contributed by atoms with Gasteiger partial charge in [-0.2, -0.15) is 0 Å². The third-order valence-corrected chi connectivity index (χ3v) is 6.00. The lowest BCUT2D eigenvalue weighted by Crippen LogP contribution is -2.22. The molecule has 9 heteroatoms. The van der Waals surface area contributed by atoms with Crippen molar-refractivity contribution in [2.45, 2.75) is 24.2 Å². The van der Waals surface area contributed by atoms with E-state index < -0.39 is 15.7 Å². The molecule has 0 bridgehead atoms. The highest BCUT2D eigenvalue weighted by Crippen LogP contribution is 2.38. The lowest BCUT2D eigenvalue weighted by molar-refractivity contribution is -0.159. The monoisotopic (exact) mass is 448 g/mol. The number of carbonyl (C=O) groups excluding carboxylic acids is 1. The number of halogens is 1. The predicted octanol–water partition coefficient (Wildman–Crippen LogP) is 4.24. The zero-order valence-electron chi connectivity index (χ0n) is 16.5.